The van der Waals surface area contributed by atoms with Gasteiger partial charge in [0.05, 0.1) is 18.7 Å². The molecule has 2 unspecified atom stereocenters. The van der Waals surface area contributed by atoms with Gasteiger partial charge < -0.3 is 15.8 Å². The normalized spacial score (nSPS) is 32.4. The lowest BCUT2D eigenvalue weighted by molar-refractivity contribution is -0.144. The minimum absolute atomic E-state index is 0.122. The highest BCUT2D eigenvalue weighted by Gasteiger charge is 2.58. The number of ether oxygens (including phenoxy) is 1. The molecule has 0 aromatic heterocycles. The van der Waals surface area contributed by atoms with Crippen molar-refractivity contribution in [1.82, 2.24) is 5.32 Å². The van der Waals surface area contributed by atoms with Crippen molar-refractivity contribution in [3.8, 4) is 11.9 Å². The van der Waals surface area contributed by atoms with Crippen LogP contribution in [0.1, 0.15) is 46.0 Å². The van der Waals surface area contributed by atoms with Gasteiger partial charge in [0.1, 0.15) is 11.6 Å². The summed E-state index contributed by atoms with van der Waals surface area (Å²) in [5, 5.41) is 15.7. The van der Waals surface area contributed by atoms with E-state index in [1.807, 2.05) is 38.1 Å². The van der Waals surface area contributed by atoms with Crippen molar-refractivity contribution in [2.24, 2.45) is 33.9 Å². The number of carbonyl (C=O) groups excluding carboxylic acids is 1. The molecule has 5 rings (SSSR count). The predicted molar refractivity (Wildman–Crippen MR) is 116 cm³/mol. The van der Waals surface area contributed by atoms with E-state index in [0.717, 1.165) is 43.5 Å². The fourth-order valence-corrected chi connectivity index (χ4v) is 6.18. The van der Waals surface area contributed by atoms with E-state index < -0.39 is 5.54 Å². The molecule has 0 heterocycles. The number of nitrogens with one attached hydrogen (secondary N) is 2. The number of amidine groups is 1. The fourth-order valence-electron chi connectivity index (χ4n) is 6.18. The van der Waals surface area contributed by atoms with Crippen LogP contribution in [0.2, 0.25) is 0 Å². The highest BCUT2D eigenvalue weighted by Crippen LogP contribution is 2.60. The number of primary amides is 1. The van der Waals surface area contributed by atoms with Crippen LogP contribution in [0.15, 0.2) is 29.3 Å². The number of anilines is 1. The van der Waals surface area contributed by atoms with Gasteiger partial charge in [0.25, 0.3) is 0 Å². The summed E-state index contributed by atoms with van der Waals surface area (Å²) >= 11 is 0. The highest BCUT2D eigenvalue weighted by atomic mass is 16.5. The lowest BCUT2D eigenvalue weighted by atomic mass is 9.48. The van der Waals surface area contributed by atoms with Gasteiger partial charge in [0.2, 0.25) is 5.91 Å². The quantitative estimate of drug-likeness (QED) is 0.289. The minimum Gasteiger partial charge on any atom is -0.497 e. The first-order valence-electron chi connectivity index (χ1n) is 10.7. The molecule has 160 valence electrons. The molecule has 4 saturated carbocycles. The Hall–Kier alpha value is -2.75. The Morgan fingerprint density at radius 3 is 2.60 bits per heavy atom. The van der Waals surface area contributed by atoms with E-state index in [-0.39, 0.29) is 17.4 Å². The Morgan fingerprint density at radius 1 is 1.30 bits per heavy atom. The molecule has 7 heteroatoms. The van der Waals surface area contributed by atoms with Crippen LogP contribution in [0.3, 0.4) is 0 Å². The van der Waals surface area contributed by atoms with E-state index in [1.54, 1.807) is 7.11 Å². The van der Waals surface area contributed by atoms with E-state index in [1.165, 1.54) is 0 Å². The number of nitrogens with two attached hydrogens (primary N) is 1. The van der Waals surface area contributed by atoms with Crippen molar-refractivity contribution < 1.29 is 9.53 Å². The maximum atomic E-state index is 12.2. The maximum absolute atomic E-state index is 12.2. The largest absolute Gasteiger partial charge is 0.497 e. The number of benzene rings is 1. The molecule has 7 nitrogen and oxygen atoms in total. The molecule has 4 aliphatic rings. The summed E-state index contributed by atoms with van der Waals surface area (Å²) in [7, 11) is 1.64. The third-order valence-electron chi connectivity index (χ3n) is 7.32. The van der Waals surface area contributed by atoms with Crippen LogP contribution in [-0.4, -0.2) is 30.4 Å². The van der Waals surface area contributed by atoms with Gasteiger partial charge in [0, 0.05) is 17.2 Å². The van der Waals surface area contributed by atoms with Gasteiger partial charge in [-0.2, -0.15) is 5.26 Å². The van der Waals surface area contributed by atoms with Gasteiger partial charge in [0.15, 0.2) is 6.19 Å². The number of nitrogens with zero attached hydrogens (tertiary/aromatic N) is 2. The first-order valence-corrected chi connectivity index (χ1v) is 10.7. The maximum Gasteiger partial charge on any atom is 0.223 e. The first-order chi connectivity index (χ1) is 14.3. The molecule has 2 atom stereocenters. The van der Waals surface area contributed by atoms with Crippen molar-refractivity contribution in [2.75, 3.05) is 12.4 Å². The predicted octanol–water partition coefficient (Wildman–Crippen LogP) is 3.04. The van der Waals surface area contributed by atoms with Gasteiger partial charge in [-0.05, 0) is 75.8 Å². The number of carbonyl (C=O) groups is 1. The summed E-state index contributed by atoms with van der Waals surface area (Å²) < 4.78 is 5.32. The van der Waals surface area contributed by atoms with Crippen molar-refractivity contribution in [3.63, 3.8) is 0 Å². The second-order valence-electron chi connectivity index (χ2n) is 9.80. The van der Waals surface area contributed by atoms with Gasteiger partial charge >= 0.3 is 0 Å². The second kappa shape index (κ2) is 7.50. The number of amides is 1. The van der Waals surface area contributed by atoms with Crippen molar-refractivity contribution in [1.29, 1.82) is 5.26 Å². The molecular formula is C23H31N5O2. The van der Waals surface area contributed by atoms with Gasteiger partial charge in [-0.3, -0.25) is 15.1 Å². The Kier molecular flexibility index (Phi) is 5.13. The molecular weight excluding hydrogens is 378 g/mol. The van der Waals surface area contributed by atoms with Crippen molar-refractivity contribution in [3.05, 3.63) is 24.3 Å². The molecule has 0 spiro atoms. The summed E-state index contributed by atoms with van der Waals surface area (Å²) in [4.78, 5) is 17.3. The Balaban J connectivity index is 1.59. The summed E-state index contributed by atoms with van der Waals surface area (Å²) in [6.45, 7) is 4.02. The average molecular weight is 410 g/mol. The van der Waals surface area contributed by atoms with Gasteiger partial charge in [-0.1, -0.05) is 6.07 Å². The molecule has 30 heavy (non-hydrogen) atoms. The molecule has 4 N–H and O–H groups in total. The van der Waals surface area contributed by atoms with Gasteiger partial charge in [-0.15, -0.1) is 0 Å². The van der Waals surface area contributed by atoms with E-state index >= 15 is 0 Å². The molecule has 4 aliphatic carbocycles. The molecule has 1 aromatic rings. The van der Waals surface area contributed by atoms with Crippen LogP contribution >= 0.6 is 0 Å². The van der Waals surface area contributed by atoms with Gasteiger partial charge in [-0.25, -0.2) is 0 Å². The molecule has 0 aliphatic heterocycles. The van der Waals surface area contributed by atoms with Crippen molar-refractivity contribution in [2.45, 2.75) is 57.5 Å². The number of aliphatic imine (C=N–C) groups is 1. The zero-order valence-electron chi connectivity index (χ0n) is 17.9. The second-order valence-corrected chi connectivity index (χ2v) is 9.80. The number of hydrogen-bond donors (Lipinski definition) is 3. The molecule has 4 bridgehead atoms. The fraction of sp³-hybridized carbons (Fsp3) is 0.609. The summed E-state index contributed by atoms with van der Waals surface area (Å²) in [5.41, 5.74) is 5.79. The van der Waals surface area contributed by atoms with E-state index in [2.05, 4.69) is 16.8 Å². The zero-order chi connectivity index (χ0) is 21.5. The molecule has 0 saturated heterocycles. The molecule has 1 amide bonds. The lowest BCUT2D eigenvalue weighted by Crippen LogP contribution is -2.58. The van der Waals surface area contributed by atoms with Crippen LogP contribution in [0.25, 0.3) is 0 Å². The van der Waals surface area contributed by atoms with E-state index in [0.29, 0.717) is 23.6 Å². The van der Waals surface area contributed by atoms with Crippen LogP contribution in [-0.2, 0) is 4.79 Å². The third-order valence-corrected chi connectivity index (χ3v) is 7.32. The summed E-state index contributed by atoms with van der Waals surface area (Å²) in [6.07, 6.45) is 6.86. The first kappa shape index (κ1) is 20.5. The molecule has 0 radical (unpaired) electrons. The Labute approximate surface area is 178 Å². The smallest absolute Gasteiger partial charge is 0.223 e. The Morgan fingerprint density at radius 2 is 2.00 bits per heavy atom. The molecule has 4 fully saturated rings. The number of hydrogen-bond acceptors (Lipinski definition) is 5. The summed E-state index contributed by atoms with van der Waals surface area (Å²) in [6, 6.07) is 7.83. The van der Waals surface area contributed by atoms with Crippen LogP contribution in [0.5, 0.6) is 5.75 Å². The topological polar surface area (TPSA) is 113 Å². The number of rotatable bonds is 6. The van der Waals surface area contributed by atoms with Crippen LogP contribution in [0.4, 0.5) is 5.69 Å². The van der Waals surface area contributed by atoms with E-state index in [4.69, 9.17) is 15.5 Å². The van der Waals surface area contributed by atoms with Crippen molar-refractivity contribution >= 4 is 17.4 Å². The average Bonchev–Trinajstić information content (AvgIpc) is 2.69. The third kappa shape index (κ3) is 3.60. The SMILES string of the molecule is COc1cccc(NC(C)(C)C(=NC2C3CC4CC2CC(C(N)=O)(C4)C3)NC#N)c1. The Bertz CT molecular complexity index is 887. The molecule has 1 aromatic carbocycles. The standard InChI is InChI=1S/C23H31N5O2/c1-22(2,28-17-5-4-6-18(9-17)30-3)21(26-13-24)27-19-15-7-14-8-16(19)12-23(10-14,11-15)20(25)29/h4-6,9,14-16,19,28H,7-8,10-12H2,1-3H3,(H2,25,29)(H,26,27). The highest BCUT2D eigenvalue weighted by molar-refractivity contribution is 5.94. The number of methoxy groups -OCH3 is 1. The van der Waals surface area contributed by atoms with E-state index in [9.17, 15) is 10.1 Å². The minimum atomic E-state index is -0.585. The lowest BCUT2D eigenvalue weighted by Gasteiger charge is -2.58. The summed E-state index contributed by atoms with van der Waals surface area (Å²) in [5.74, 6) is 2.54. The monoisotopic (exact) mass is 409 g/mol. The van der Waals surface area contributed by atoms with Crippen LogP contribution < -0.4 is 21.1 Å². The van der Waals surface area contributed by atoms with Crippen LogP contribution in [0, 0.1) is 34.6 Å². The number of nitriles is 1. The zero-order valence-corrected chi connectivity index (χ0v) is 17.9.